The number of aromatic nitrogens is 4. The lowest BCUT2D eigenvalue weighted by atomic mass is 10.1. The fraction of sp³-hybridized carbons (Fsp3) is 0.158. The number of hydrogen-bond acceptors (Lipinski definition) is 6. The number of nitrogens with one attached hydrogen (secondary N) is 1. The molecule has 0 radical (unpaired) electrons. The number of nitrogens with zero attached hydrogens (tertiary/aromatic N) is 3. The predicted octanol–water partition coefficient (Wildman–Crippen LogP) is 4.15. The number of carbonyl (C=O) groups excluding carboxylic acids is 1. The Hall–Kier alpha value is -2.93. The zero-order valence-electron chi connectivity index (χ0n) is 14.1. The molecule has 0 aliphatic rings. The fourth-order valence-corrected chi connectivity index (χ4v) is 3.47. The number of ketones is 1. The van der Waals surface area contributed by atoms with Gasteiger partial charge in [-0.3, -0.25) is 9.78 Å². The molecular formula is C19H16N4O2S. The molecule has 130 valence electrons. The Labute approximate surface area is 154 Å². The van der Waals surface area contributed by atoms with Gasteiger partial charge >= 0.3 is 0 Å². The summed E-state index contributed by atoms with van der Waals surface area (Å²) in [6, 6.07) is 9.67. The van der Waals surface area contributed by atoms with E-state index in [0.717, 1.165) is 22.9 Å². The van der Waals surface area contributed by atoms with Crippen molar-refractivity contribution in [1.82, 2.24) is 20.2 Å². The van der Waals surface area contributed by atoms with Gasteiger partial charge in [0.05, 0.1) is 11.3 Å². The molecule has 0 unspecified atom stereocenters. The molecule has 4 aromatic rings. The predicted molar refractivity (Wildman–Crippen MR) is 100 cm³/mol. The Morgan fingerprint density at radius 2 is 2.15 bits per heavy atom. The number of para-hydroxylation sites is 1. The maximum Gasteiger partial charge on any atom is 0.277 e. The SMILES string of the molecule is CCc1cccc2c(C(=O)CSc3nnc(-c4cccnc4)o3)c[nH]c12. The number of thioether (sulfide) groups is 1. The van der Waals surface area contributed by atoms with Gasteiger partial charge in [-0.2, -0.15) is 0 Å². The highest BCUT2D eigenvalue weighted by Crippen LogP contribution is 2.26. The van der Waals surface area contributed by atoms with Crippen molar-refractivity contribution in [2.75, 3.05) is 5.75 Å². The number of hydrogen-bond donors (Lipinski definition) is 1. The Morgan fingerprint density at radius 1 is 1.23 bits per heavy atom. The van der Waals surface area contributed by atoms with Gasteiger partial charge in [0.2, 0.25) is 5.89 Å². The average molecular weight is 364 g/mol. The number of aromatic amines is 1. The Bertz CT molecular complexity index is 1060. The van der Waals surface area contributed by atoms with Crippen molar-refractivity contribution < 1.29 is 9.21 Å². The molecule has 0 bridgehead atoms. The van der Waals surface area contributed by atoms with E-state index in [-0.39, 0.29) is 11.5 Å². The van der Waals surface area contributed by atoms with Crippen molar-refractivity contribution in [3.8, 4) is 11.5 Å². The number of H-pyrrole nitrogens is 1. The number of aryl methyl sites for hydroxylation is 1. The molecule has 26 heavy (non-hydrogen) atoms. The van der Waals surface area contributed by atoms with E-state index in [1.807, 2.05) is 18.2 Å². The summed E-state index contributed by atoms with van der Waals surface area (Å²) < 4.78 is 5.60. The largest absolute Gasteiger partial charge is 0.411 e. The first-order valence-electron chi connectivity index (χ1n) is 8.25. The second-order valence-corrected chi connectivity index (χ2v) is 6.65. The first kappa shape index (κ1) is 16.5. The second kappa shape index (κ2) is 7.13. The Morgan fingerprint density at radius 3 is 2.96 bits per heavy atom. The van der Waals surface area contributed by atoms with Crippen LogP contribution in [0.25, 0.3) is 22.4 Å². The van der Waals surface area contributed by atoms with E-state index in [1.54, 1.807) is 24.7 Å². The number of carbonyl (C=O) groups is 1. The highest BCUT2D eigenvalue weighted by Gasteiger charge is 2.16. The average Bonchev–Trinajstić information content (AvgIpc) is 3.34. The topological polar surface area (TPSA) is 84.7 Å². The highest BCUT2D eigenvalue weighted by atomic mass is 32.2. The molecule has 0 aliphatic carbocycles. The minimum atomic E-state index is 0.0237. The third kappa shape index (κ3) is 3.13. The summed E-state index contributed by atoms with van der Waals surface area (Å²) in [7, 11) is 0. The molecular weight excluding hydrogens is 348 g/mol. The molecule has 0 spiro atoms. The number of rotatable bonds is 6. The summed E-state index contributed by atoms with van der Waals surface area (Å²) in [6.45, 7) is 2.10. The first-order chi connectivity index (χ1) is 12.8. The van der Waals surface area contributed by atoms with Gasteiger partial charge in [-0.1, -0.05) is 36.9 Å². The van der Waals surface area contributed by atoms with Crippen LogP contribution >= 0.6 is 11.8 Å². The van der Waals surface area contributed by atoms with Crippen LogP contribution in [0.2, 0.25) is 0 Å². The molecule has 1 aromatic carbocycles. The number of Topliss-reactive ketones (excluding diaryl/α,β-unsaturated/α-hetero) is 1. The minimum absolute atomic E-state index is 0.0237. The van der Waals surface area contributed by atoms with Gasteiger partial charge in [0.25, 0.3) is 5.22 Å². The van der Waals surface area contributed by atoms with Crippen molar-refractivity contribution in [3.63, 3.8) is 0 Å². The minimum Gasteiger partial charge on any atom is -0.411 e. The van der Waals surface area contributed by atoms with Crippen LogP contribution in [0, 0.1) is 0 Å². The van der Waals surface area contributed by atoms with Crippen LogP contribution in [0.15, 0.2) is 58.6 Å². The number of fused-ring (bicyclic) bond motifs is 1. The Kier molecular flexibility index (Phi) is 4.53. The van der Waals surface area contributed by atoms with Crippen molar-refractivity contribution >= 4 is 28.4 Å². The van der Waals surface area contributed by atoms with Crippen molar-refractivity contribution in [2.24, 2.45) is 0 Å². The molecule has 0 saturated heterocycles. The molecule has 6 nitrogen and oxygen atoms in total. The van der Waals surface area contributed by atoms with Crippen LogP contribution in [0.1, 0.15) is 22.8 Å². The summed E-state index contributed by atoms with van der Waals surface area (Å²) >= 11 is 1.24. The molecule has 0 fully saturated rings. The zero-order valence-corrected chi connectivity index (χ0v) is 14.9. The van der Waals surface area contributed by atoms with Crippen LogP contribution < -0.4 is 0 Å². The van der Waals surface area contributed by atoms with E-state index in [2.05, 4.69) is 33.2 Å². The summed E-state index contributed by atoms with van der Waals surface area (Å²) in [5.74, 6) is 0.654. The second-order valence-electron chi connectivity index (χ2n) is 5.72. The van der Waals surface area contributed by atoms with E-state index in [0.29, 0.717) is 16.7 Å². The first-order valence-corrected chi connectivity index (χ1v) is 9.23. The van der Waals surface area contributed by atoms with E-state index in [9.17, 15) is 4.79 Å². The van der Waals surface area contributed by atoms with Crippen LogP contribution in [-0.2, 0) is 6.42 Å². The standard InChI is InChI=1S/C19H16N4O2S/c1-2-12-5-3-7-14-15(10-21-17(12)14)16(24)11-26-19-23-22-18(25-19)13-6-4-8-20-9-13/h3-10,21H,2,11H2,1H3. The van der Waals surface area contributed by atoms with Gasteiger partial charge in [-0.25, -0.2) is 0 Å². The lowest BCUT2D eigenvalue weighted by Gasteiger charge is -2.00. The maximum absolute atomic E-state index is 12.6. The maximum atomic E-state index is 12.6. The molecule has 3 aromatic heterocycles. The summed E-state index contributed by atoms with van der Waals surface area (Å²) in [5.41, 5.74) is 3.67. The third-order valence-corrected chi connectivity index (χ3v) is 4.94. The van der Waals surface area contributed by atoms with Crippen molar-refractivity contribution in [3.05, 3.63) is 60.0 Å². The highest BCUT2D eigenvalue weighted by molar-refractivity contribution is 7.99. The van der Waals surface area contributed by atoms with Crippen molar-refractivity contribution in [1.29, 1.82) is 0 Å². The van der Waals surface area contributed by atoms with E-state index < -0.39 is 0 Å². The molecule has 0 saturated carbocycles. The molecule has 7 heteroatoms. The quantitative estimate of drug-likeness (QED) is 0.409. The Balaban J connectivity index is 1.49. The smallest absolute Gasteiger partial charge is 0.277 e. The van der Waals surface area contributed by atoms with E-state index in [4.69, 9.17) is 4.42 Å². The van der Waals surface area contributed by atoms with Gasteiger partial charge in [0.1, 0.15) is 0 Å². The fourth-order valence-electron chi connectivity index (χ4n) is 2.82. The lowest BCUT2D eigenvalue weighted by molar-refractivity contribution is 0.102. The molecule has 0 amide bonds. The van der Waals surface area contributed by atoms with Gasteiger partial charge in [-0.15, -0.1) is 10.2 Å². The molecule has 0 atom stereocenters. The molecule has 1 N–H and O–H groups in total. The lowest BCUT2D eigenvalue weighted by Crippen LogP contribution is -2.01. The molecule has 0 aliphatic heterocycles. The molecule has 3 heterocycles. The summed E-state index contributed by atoms with van der Waals surface area (Å²) in [4.78, 5) is 19.9. The normalized spacial score (nSPS) is 11.1. The van der Waals surface area contributed by atoms with Gasteiger partial charge < -0.3 is 9.40 Å². The monoisotopic (exact) mass is 364 g/mol. The number of pyridine rings is 1. The van der Waals surface area contributed by atoms with Crippen LogP contribution in [-0.4, -0.2) is 31.7 Å². The van der Waals surface area contributed by atoms with Crippen molar-refractivity contribution in [2.45, 2.75) is 18.6 Å². The molecule has 4 rings (SSSR count). The van der Waals surface area contributed by atoms with Gasteiger partial charge in [0.15, 0.2) is 5.78 Å². The van der Waals surface area contributed by atoms with E-state index in [1.165, 1.54) is 17.3 Å². The number of benzene rings is 1. The van der Waals surface area contributed by atoms with Crippen LogP contribution in [0.3, 0.4) is 0 Å². The summed E-state index contributed by atoms with van der Waals surface area (Å²) in [5, 5.41) is 9.32. The van der Waals surface area contributed by atoms with Gasteiger partial charge in [-0.05, 0) is 24.1 Å². The van der Waals surface area contributed by atoms with Crippen LogP contribution in [0.5, 0.6) is 0 Å². The third-order valence-electron chi connectivity index (χ3n) is 4.12. The van der Waals surface area contributed by atoms with Gasteiger partial charge in [0, 0.05) is 35.1 Å². The van der Waals surface area contributed by atoms with E-state index >= 15 is 0 Å². The summed E-state index contributed by atoms with van der Waals surface area (Å²) in [6.07, 6.45) is 6.03. The van der Waals surface area contributed by atoms with Crippen LogP contribution in [0.4, 0.5) is 0 Å². The zero-order chi connectivity index (χ0) is 17.9.